The summed E-state index contributed by atoms with van der Waals surface area (Å²) in [6.45, 7) is 0.613. The van der Waals surface area contributed by atoms with Gasteiger partial charge < -0.3 is 15.4 Å². The number of aliphatic hydroxyl groups is 1. The molecule has 0 rings (SSSR count). The summed E-state index contributed by atoms with van der Waals surface area (Å²) in [5, 5.41) is 8.25. The molecule has 0 aromatic rings. The first-order valence-corrected chi connectivity index (χ1v) is 4.30. The summed E-state index contributed by atoms with van der Waals surface area (Å²) in [7, 11) is -1.98. The Morgan fingerprint density at radius 2 is 2.33 bits per heavy atom. The van der Waals surface area contributed by atoms with Gasteiger partial charge in [0.15, 0.2) is 8.03 Å². The predicted molar refractivity (Wildman–Crippen MR) is 36.0 cm³/mol. The van der Waals surface area contributed by atoms with E-state index in [9.17, 15) is 4.57 Å². The summed E-state index contributed by atoms with van der Waals surface area (Å²) in [6.07, 6.45) is 0.241. The van der Waals surface area contributed by atoms with Crippen molar-refractivity contribution in [1.82, 2.24) is 0 Å². The lowest BCUT2D eigenvalue weighted by Gasteiger charge is -1.98. The molecule has 0 heterocycles. The van der Waals surface area contributed by atoms with Crippen molar-refractivity contribution in [3.05, 3.63) is 0 Å². The van der Waals surface area contributed by atoms with Crippen molar-refractivity contribution in [1.29, 1.82) is 0 Å². The fourth-order valence-electron chi connectivity index (χ4n) is 0.336. The average molecular weight is 153 g/mol. The van der Waals surface area contributed by atoms with E-state index in [1.807, 2.05) is 0 Å². The van der Waals surface area contributed by atoms with Gasteiger partial charge in [-0.3, -0.25) is 4.57 Å². The second-order valence-electron chi connectivity index (χ2n) is 1.48. The SMILES string of the molecule is NCCO[PH](=O)CCO. The van der Waals surface area contributed by atoms with Gasteiger partial charge in [-0.25, -0.2) is 0 Å². The van der Waals surface area contributed by atoms with E-state index in [2.05, 4.69) is 0 Å². The fourth-order valence-corrected chi connectivity index (χ4v) is 1.01. The summed E-state index contributed by atoms with van der Waals surface area (Å²) >= 11 is 0. The molecule has 0 saturated carbocycles. The molecule has 1 atom stereocenters. The van der Waals surface area contributed by atoms with Gasteiger partial charge in [-0.1, -0.05) is 0 Å². The van der Waals surface area contributed by atoms with Crippen molar-refractivity contribution in [2.45, 2.75) is 0 Å². The first-order chi connectivity index (χ1) is 4.31. The zero-order chi connectivity index (χ0) is 7.11. The zero-order valence-corrected chi connectivity index (χ0v) is 6.17. The van der Waals surface area contributed by atoms with Crippen LogP contribution in [0.15, 0.2) is 0 Å². The third-order valence-corrected chi connectivity index (χ3v) is 1.85. The van der Waals surface area contributed by atoms with Gasteiger partial charge in [-0.05, 0) is 0 Å². The summed E-state index contributed by atoms with van der Waals surface area (Å²) in [6, 6.07) is 0. The molecule has 9 heavy (non-hydrogen) atoms. The third kappa shape index (κ3) is 5.99. The van der Waals surface area contributed by atoms with Crippen LogP contribution in [0.4, 0.5) is 0 Å². The van der Waals surface area contributed by atoms with Crippen molar-refractivity contribution in [3.63, 3.8) is 0 Å². The molecule has 56 valence electrons. The molecular weight excluding hydrogens is 141 g/mol. The Kier molecular flexibility index (Phi) is 6.31. The van der Waals surface area contributed by atoms with Gasteiger partial charge in [-0.15, -0.1) is 0 Å². The van der Waals surface area contributed by atoms with Gasteiger partial charge in [0.25, 0.3) is 0 Å². The van der Waals surface area contributed by atoms with Crippen LogP contribution in [0.1, 0.15) is 0 Å². The molecule has 0 aliphatic carbocycles. The van der Waals surface area contributed by atoms with E-state index < -0.39 is 8.03 Å². The number of hydrogen-bond acceptors (Lipinski definition) is 4. The van der Waals surface area contributed by atoms with Gasteiger partial charge in [0.05, 0.1) is 13.2 Å². The highest BCUT2D eigenvalue weighted by Crippen LogP contribution is 2.19. The molecule has 0 aliphatic rings. The van der Waals surface area contributed by atoms with Crippen LogP contribution in [0.5, 0.6) is 0 Å². The van der Waals surface area contributed by atoms with Gasteiger partial charge in [-0.2, -0.15) is 0 Å². The van der Waals surface area contributed by atoms with E-state index in [-0.39, 0.29) is 12.8 Å². The van der Waals surface area contributed by atoms with Crippen molar-refractivity contribution in [2.75, 3.05) is 25.9 Å². The van der Waals surface area contributed by atoms with E-state index in [0.29, 0.717) is 13.2 Å². The van der Waals surface area contributed by atoms with Crippen LogP contribution in [0.3, 0.4) is 0 Å². The fraction of sp³-hybridized carbons (Fsp3) is 1.00. The van der Waals surface area contributed by atoms with Crippen LogP contribution < -0.4 is 5.73 Å². The van der Waals surface area contributed by atoms with Crippen LogP contribution in [-0.2, 0) is 9.09 Å². The monoisotopic (exact) mass is 153 g/mol. The normalized spacial score (nSPS) is 13.6. The van der Waals surface area contributed by atoms with E-state index in [1.165, 1.54) is 0 Å². The number of aliphatic hydroxyl groups excluding tert-OH is 1. The Labute approximate surface area is 54.9 Å². The van der Waals surface area contributed by atoms with Gasteiger partial charge >= 0.3 is 0 Å². The molecule has 0 fully saturated rings. The molecule has 0 aromatic heterocycles. The lowest BCUT2D eigenvalue weighted by atomic mass is 10.8. The zero-order valence-electron chi connectivity index (χ0n) is 5.17. The van der Waals surface area contributed by atoms with E-state index >= 15 is 0 Å². The highest BCUT2D eigenvalue weighted by atomic mass is 31.1. The van der Waals surface area contributed by atoms with Crippen LogP contribution in [-0.4, -0.2) is 31.0 Å². The smallest absolute Gasteiger partial charge is 0.193 e. The molecule has 0 aromatic carbocycles. The Morgan fingerprint density at radius 1 is 1.67 bits per heavy atom. The molecule has 0 bridgehead atoms. The topological polar surface area (TPSA) is 72.5 Å². The molecule has 3 N–H and O–H groups in total. The molecule has 1 unspecified atom stereocenters. The lowest BCUT2D eigenvalue weighted by molar-refractivity contribution is 0.301. The summed E-state index contributed by atoms with van der Waals surface area (Å²) < 4.78 is 15.2. The van der Waals surface area contributed by atoms with Gasteiger partial charge in [0.2, 0.25) is 0 Å². The molecule has 0 radical (unpaired) electrons. The van der Waals surface area contributed by atoms with Crippen molar-refractivity contribution in [2.24, 2.45) is 5.73 Å². The number of nitrogens with two attached hydrogens (primary N) is 1. The maximum Gasteiger partial charge on any atom is 0.193 e. The molecular formula is C4H12NO3P. The summed E-state index contributed by atoms with van der Waals surface area (Å²) in [5.74, 6) is 0. The van der Waals surface area contributed by atoms with E-state index in [4.69, 9.17) is 15.4 Å². The highest BCUT2D eigenvalue weighted by Gasteiger charge is 1.94. The first kappa shape index (κ1) is 9.11. The second kappa shape index (κ2) is 6.23. The Hall–Kier alpha value is 0.110. The standard InChI is InChI=1S/C4H12NO3P/c5-1-3-8-9(7)4-2-6/h6,9H,1-5H2. The van der Waals surface area contributed by atoms with Crippen LogP contribution in [0.2, 0.25) is 0 Å². The van der Waals surface area contributed by atoms with Gasteiger partial charge in [0, 0.05) is 12.7 Å². The Bertz CT molecular complexity index is 87.9. The van der Waals surface area contributed by atoms with Crippen molar-refractivity contribution >= 4 is 8.03 Å². The highest BCUT2D eigenvalue weighted by molar-refractivity contribution is 7.39. The van der Waals surface area contributed by atoms with E-state index in [1.54, 1.807) is 0 Å². The molecule has 0 aliphatic heterocycles. The summed E-state index contributed by atoms with van der Waals surface area (Å²) in [4.78, 5) is 0. The quantitative estimate of drug-likeness (QED) is 0.519. The minimum Gasteiger partial charge on any atom is -0.396 e. The predicted octanol–water partition coefficient (Wildman–Crippen LogP) is -0.571. The molecule has 0 saturated heterocycles. The molecule has 0 spiro atoms. The van der Waals surface area contributed by atoms with Crippen molar-refractivity contribution < 1.29 is 14.2 Å². The minimum atomic E-state index is -1.98. The second-order valence-corrected chi connectivity index (χ2v) is 3.02. The minimum absolute atomic E-state index is 0.0810. The maximum atomic E-state index is 10.5. The van der Waals surface area contributed by atoms with Crippen LogP contribution in [0, 0.1) is 0 Å². The van der Waals surface area contributed by atoms with Crippen LogP contribution >= 0.6 is 8.03 Å². The number of rotatable bonds is 5. The summed E-state index contributed by atoms with van der Waals surface area (Å²) in [5.41, 5.74) is 5.06. The molecule has 0 amide bonds. The molecule has 5 heteroatoms. The number of hydrogen-bond donors (Lipinski definition) is 2. The van der Waals surface area contributed by atoms with Crippen LogP contribution in [0.25, 0.3) is 0 Å². The molecule has 4 nitrogen and oxygen atoms in total. The maximum absolute atomic E-state index is 10.5. The largest absolute Gasteiger partial charge is 0.396 e. The Balaban J connectivity index is 3.06. The van der Waals surface area contributed by atoms with Gasteiger partial charge in [0.1, 0.15) is 0 Å². The van der Waals surface area contributed by atoms with E-state index in [0.717, 1.165) is 0 Å². The Morgan fingerprint density at radius 3 is 2.78 bits per heavy atom. The average Bonchev–Trinajstić information content (AvgIpc) is 1.85. The lowest BCUT2D eigenvalue weighted by Crippen LogP contribution is -2.05. The third-order valence-electron chi connectivity index (χ3n) is 0.697. The van der Waals surface area contributed by atoms with Crippen molar-refractivity contribution in [3.8, 4) is 0 Å². The first-order valence-electron chi connectivity index (χ1n) is 2.77.